The topological polar surface area (TPSA) is 58.3 Å². The van der Waals surface area contributed by atoms with Gasteiger partial charge in [-0.2, -0.15) is 0 Å². The Morgan fingerprint density at radius 2 is 1.79 bits per heavy atom. The van der Waals surface area contributed by atoms with Gasteiger partial charge in [-0.1, -0.05) is 36.4 Å². The van der Waals surface area contributed by atoms with E-state index < -0.39 is 7.12 Å². The third-order valence-electron chi connectivity index (χ3n) is 3.24. The van der Waals surface area contributed by atoms with Crippen LogP contribution in [0.3, 0.4) is 0 Å². The van der Waals surface area contributed by atoms with Crippen LogP contribution in [0, 0.1) is 0 Å². The Kier molecular flexibility index (Phi) is 2.85. The highest BCUT2D eigenvalue weighted by Crippen LogP contribution is 2.22. The number of fused-ring (bicyclic) bond motifs is 1. The highest BCUT2D eigenvalue weighted by atomic mass is 16.4. The Morgan fingerprint density at radius 1 is 1.05 bits per heavy atom. The lowest BCUT2D eigenvalue weighted by atomic mass is 9.80. The van der Waals surface area contributed by atoms with Crippen LogP contribution < -0.4 is 5.46 Å². The van der Waals surface area contributed by atoms with Crippen LogP contribution in [0.15, 0.2) is 48.5 Å². The second-order valence-electron chi connectivity index (χ2n) is 4.48. The van der Waals surface area contributed by atoms with E-state index in [2.05, 4.69) is 4.98 Å². The summed E-state index contributed by atoms with van der Waals surface area (Å²) in [6.07, 6.45) is 0. The minimum absolute atomic E-state index is 0.449. The molecule has 0 fully saturated rings. The monoisotopic (exact) mass is 252 g/mol. The van der Waals surface area contributed by atoms with Gasteiger partial charge in [0.15, 0.2) is 0 Å². The number of aromatic nitrogens is 2. The molecule has 0 saturated carbocycles. The highest BCUT2D eigenvalue weighted by molar-refractivity contribution is 6.58. The summed E-state index contributed by atoms with van der Waals surface area (Å²) in [6, 6.07) is 15.2. The molecule has 3 rings (SSSR count). The molecule has 0 unspecified atom stereocenters. The van der Waals surface area contributed by atoms with E-state index in [1.807, 2.05) is 48.0 Å². The van der Waals surface area contributed by atoms with Crippen LogP contribution in [0.5, 0.6) is 0 Å². The average Bonchev–Trinajstić information content (AvgIpc) is 2.76. The third-order valence-corrected chi connectivity index (χ3v) is 3.24. The third kappa shape index (κ3) is 2.03. The fourth-order valence-corrected chi connectivity index (χ4v) is 2.22. The summed E-state index contributed by atoms with van der Waals surface area (Å²) in [6.45, 7) is 0. The van der Waals surface area contributed by atoms with Crippen molar-refractivity contribution in [1.29, 1.82) is 0 Å². The van der Waals surface area contributed by atoms with Gasteiger partial charge < -0.3 is 14.6 Å². The Morgan fingerprint density at radius 3 is 2.47 bits per heavy atom. The Bertz CT molecular complexity index is 723. The predicted octanol–water partition coefficient (Wildman–Crippen LogP) is 0.920. The number of rotatable bonds is 2. The molecule has 0 aliphatic rings. The standard InChI is InChI=1S/C14H13BN2O2/c1-17-13-8-7-11(15(18)19)9-12(13)16-14(17)10-5-3-2-4-6-10/h2-9,18-19H,1H3. The molecule has 1 aromatic heterocycles. The molecule has 2 N–H and O–H groups in total. The van der Waals surface area contributed by atoms with E-state index in [0.717, 1.165) is 22.4 Å². The second kappa shape index (κ2) is 4.53. The first-order valence-electron chi connectivity index (χ1n) is 6.05. The van der Waals surface area contributed by atoms with E-state index in [-0.39, 0.29) is 0 Å². The molecule has 0 radical (unpaired) electrons. The molecule has 0 atom stereocenters. The van der Waals surface area contributed by atoms with Gasteiger partial charge in [0.2, 0.25) is 0 Å². The lowest BCUT2D eigenvalue weighted by molar-refractivity contribution is 0.426. The smallest absolute Gasteiger partial charge is 0.423 e. The largest absolute Gasteiger partial charge is 0.488 e. The van der Waals surface area contributed by atoms with E-state index in [1.165, 1.54) is 0 Å². The number of aryl methyl sites for hydroxylation is 1. The maximum atomic E-state index is 9.20. The van der Waals surface area contributed by atoms with Crippen molar-refractivity contribution in [3.05, 3.63) is 48.5 Å². The van der Waals surface area contributed by atoms with Gasteiger partial charge in [-0.3, -0.25) is 0 Å². The molecule has 0 bridgehead atoms. The lowest BCUT2D eigenvalue weighted by Crippen LogP contribution is -2.29. The molecule has 19 heavy (non-hydrogen) atoms. The number of benzene rings is 2. The van der Waals surface area contributed by atoms with Crippen LogP contribution in [0.2, 0.25) is 0 Å². The summed E-state index contributed by atoms with van der Waals surface area (Å²) >= 11 is 0. The summed E-state index contributed by atoms with van der Waals surface area (Å²) in [5.41, 5.74) is 3.20. The zero-order valence-electron chi connectivity index (χ0n) is 10.5. The molecule has 0 aliphatic heterocycles. The van der Waals surface area contributed by atoms with Crippen molar-refractivity contribution in [2.45, 2.75) is 0 Å². The predicted molar refractivity (Wildman–Crippen MR) is 76.0 cm³/mol. The fraction of sp³-hybridized carbons (Fsp3) is 0.0714. The minimum atomic E-state index is -1.47. The molecule has 0 saturated heterocycles. The van der Waals surface area contributed by atoms with Gasteiger partial charge >= 0.3 is 7.12 Å². The molecular weight excluding hydrogens is 239 g/mol. The average molecular weight is 252 g/mol. The molecule has 0 aliphatic carbocycles. The Hall–Kier alpha value is -2.11. The van der Waals surface area contributed by atoms with E-state index >= 15 is 0 Å². The van der Waals surface area contributed by atoms with Gasteiger partial charge in [0.1, 0.15) is 5.82 Å². The number of nitrogens with zero attached hydrogens (tertiary/aromatic N) is 2. The first-order valence-corrected chi connectivity index (χ1v) is 6.05. The normalized spacial score (nSPS) is 10.9. The fourth-order valence-electron chi connectivity index (χ4n) is 2.22. The van der Waals surface area contributed by atoms with Crippen molar-refractivity contribution in [1.82, 2.24) is 9.55 Å². The van der Waals surface area contributed by atoms with Gasteiger partial charge in [0.05, 0.1) is 11.0 Å². The van der Waals surface area contributed by atoms with Crippen molar-refractivity contribution in [3.63, 3.8) is 0 Å². The molecule has 5 heteroatoms. The van der Waals surface area contributed by atoms with Crippen LogP contribution in [0.1, 0.15) is 0 Å². The van der Waals surface area contributed by atoms with E-state index in [1.54, 1.807) is 12.1 Å². The number of imidazole rings is 1. The number of hydrogen-bond donors (Lipinski definition) is 2. The maximum absolute atomic E-state index is 9.20. The quantitative estimate of drug-likeness (QED) is 0.667. The lowest BCUT2D eigenvalue weighted by Gasteiger charge is -2.02. The van der Waals surface area contributed by atoms with Crippen molar-refractivity contribution in [3.8, 4) is 11.4 Å². The maximum Gasteiger partial charge on any atom is 0.488 e. The number of hydrogen-bond acceptors (Lipinski definition) is 3. The molecule has 3 aromatic rings. The molecular formula is C14H13BN2O2. The van der Waals surface area contributed by atoms with E-state index in [9.17, 15) is 10.0 Å². The van der Waals surface area contributed by atoms with Crippen molar-refractivity contribution in [2.24, 2.45) is 7.05 Å². The first-order chi connectivity index (χ1) is 9.16. The molecule has 1 heterocycles. The summed E-state index contributed by atoms with van der Waals surface area (Å²) in [5.74, 6) is 0.861. The van der Waals surface area contributed by atoms with Gasteiger partial charge in [-0.15, -0.1) is 0 Å². The minimum Gasteiger partial charge on any atom is -0.423 e. The van der Waals surface area contributed by atoms with Gasteiger partial charge in [-0.25, -0.2) is 4.98 Å². The van der Waals surface area contributed by atoms with Crippen LogP contribution in [-0.4, -0.2) is 26.7 Å². The molecule has 2 aromatic carbocycles. The van der Waals surface area contributed by atoms with E-state index in [0.29, 0.717) is 5.46 Å². The van der Waals surface area contributed by atoms with Crippen LogP contribution in [-0.2, 0) is 7.05 Å². The van der Waals surface area contributed by atoms with Gasteiger partial charge in [0.25, 0.3) is 0 Å². The summed E-state index contributed by atoms with van der Waals surface area (Å²) in [4.78, 5) is 4.57. The van der Waals surface area contributed by atoms with Crippen LogP contribution in [0.25, 0.3) is 22.4 Å². The van der Waals surface area contributed by atoms with E-state index in [4.69, 9.17) is 0 Å². The van der Waals surface area contributed by atoms with Crippen LogP contribution >= 0.6 is 0 Å². The molecule has 0 spiro atoms. The van der Waals surface area contributed by atoms with Crippen molar-refractivity contribution in [2.75, 3.05) is 0 Å². The summed E-state index contributed by atoms with van der Waals surface area (Å²) in [5, 5.41) is 18.4. The van der Waals surface area contributed by atoms with Crippen molar-refractivity contribution < 1.29 is 10.0 Å². The zero-order valence-corrected chi connectivity index (χ0v) is 10.5. The molecule has 4 nitrogen and oxygen atoms in total. The Balaban J connectivity index is 2.20. The Labute approximate surface area is 111 Å². The highest BCUT2D eigenvalue weighted by Gasteiger charge is 2.14. The van der Waals surface area contributed by atoms with Crippen LogP contribution in [0.4, 0.5) is 0 Å². The summed E-state index contributed by atoms with van der Waals surface area (Å²) < 4.78 is 2.00. The molecule has 0 amide bonds. The van der Waals surface area contributed by atoms with Crippen molar-refractivity contribution >= 4 is 23.6 Å². The van der Waals surface area contributed by atoms with Gasteiger partial charge in [0, 0.05) is 12.6 Å². The van der Waals surface area contributed by atoms with Gasteiger partial charge in [-0.05, 0) is 17.6 Å². The zero-order chi connectivity index (χ0) is 13.4. The first kappa shape index (κ1) is 12.0. The molecule has 94 valence electrons. The SMILES string of the molecule is Cn1c(-c2ccccc2)nc2cc(B(O)O)ccc21. The summed E-state index contributed by atoms with van der Waals surface area (Å²) in [7, 11) is 0.485. The second-order valence-corrected chi connectivity index (χ2v) is 4.48.